The molecule has 172 valence electrons. The Morgan fingerprint density at radius 1 is 0.781 bits per heavy atom. The van der Waals surface area contributed by atoms with Crippen LogP contribution in [0.25, 0.3) is 0 Å². The van der Waals surface area contributed by atoms with Crippen LogP contribution in [0.5, 0.6) is 11.5 Å². The number of ether oxygens (including phenoxy) is 4. The van der Waals surface area contributed by atoms with Gasteiger partial charge in [-0.1, -0.05) is 23.2 Å². The topological polar surface area (TPSA) is 112 Å². The molecule has 0 bridgehead atoms. The summed E-state index contributed by atoms with van der Waals surface area (Å²) in [5.74, 6) is -2.57. The second kappa shape index (κ2) is 11.3. The molecule has 2 amide bonds. The van der Waals surface area contributed by atoms with E-state index in [1.807, 2.05) is 0 Å². The molecule has 0 heterocycles. The minimum absolute atomic E-state index is 0.0438. The minimum atomic E-state index is -1.38. The minimum Gasteiger partial charge on any atom is -0.450 e. The van der Waals surface area contributed by atoms with Crippen LogP contribution in [0.3, 0.4) is 0 Å². The molecule has 0 saturated heterocycles. The van der Waals surface area contributed by atoms with Crippen molar-refractivity contribution in [3.05, 3.63) is 45.9 Å². The Kier molecular flexibility index (Phi) is 8.85. The lowest BCUT2D eigenvalue weighted by molar-refractivity contribution is 0.152. The van der Waals surface area contributed by atoms with E-state index in [0.717, 1.165) is 24.3 Å². The highest BCUT2D eigenvalue weighted by molar-refractivity contribution is 6.32. The van der Waals surface area contributed by atoms with E-state index in [2.05, 4.69) is 20.1 Å². The van der Waals surface area contributed by atoms with Crippen LogP contribution in [0.15, 0.2) is 24.3 Å². The Labute approximate surface area is 190 Å². The predicted octanol–water partition coefficient (Wildman–Crippen LogP) is 5.99. The van der Waals surface area contributed by atoms with E-state index in [1.54, 1.807) is 13.8 Å². The maximum absolute atomic E-state index is 14.0. The Balaban J connectivity index is 2.18. The van der Waals surface area contributed by atoms with Gasteiger partial charge in [-0.3, -0.25) is 10.6 Å². The molecule has 2 aromatic carbocycles. The van der Waals surface area contributed by atoms with E-state index in [9.17, 15) is 23.2 Å². The summed E-state index contributed by atoms with van der Waals surface area (Å²) in [6.07, 6.45) is -3.26. The van der Waals surface area contributed by atoms with Gasteiger partial charge >= 0.3 is 18.3 Å². The van der Waals surface area contributed by atoms with Crippen molar-refractivity contribution in [2.45, 2.75) is 13.8 Å². The molecule has 32 heavy (non-hydrogen) atoms. The average molecular weight is 493 g/mol. The number of amides is 2. The van der Waals surface area contributed by atoms with Crippen LogP contribution < -0.4 is 20.1 Å². The summed E-state index contributed by atoms with van der Waals surface area (Å²) in [5.41, 5.74) is -0.757. The van der Waals surface area contributed by atoms with Gasteiger partial charge in [0.15, 0.2) is 11.5 Å². The molecule has 9 nitrogen and oxygen atoms in total. The molecule has 2 rings (SSSR count). The van der Waals surface area contributed by atoms with Gasteiger partial charge in [-0.2, -0.15) is 0 Å². The number of hydrogen-bond acceptors (Lipinski definition) is 7. The van der Waals surface area contributed by atoms with Gasteiger partial charge in [0, 0.05) is 12.1 Å². The third-order valence-corrected chi connectivity index (χ3v) is 4.04. The SMILES string of the molecule is CCOC(=O)Nc1cc(OC(=O)Oc2cc(NC(=O)OCC)c(F)cc2Cl)c(Cl)cc1F. The second-order valence-corrected chi connectivity index (χ2v) is 6.48. The molecular weight excluding hydrogens is 477 g/mol. The van der Waals surface area contributed by atoms with Crippen LogP contribution in [-0.2, 0) is 9.47 Å². The summed E-state index contributed by atoms with van der Waals surface area (Å²) in [6.45, 7) is 3.19. The zero-order chi connectivity index (χ0) is 23.8. The number of anilines is 2. The molecule has 0 radical (unpaired) electrons. The molecule has 13 heteroatoms. The van der Waals surface area contributed by atoms with Gasteiger partial charge < -0.3 is 18.9 Å². The van der Waals surface area contributed by atoms with Gasteiger partial charge in [0.25, 0.3) is 0 Å². The van der Waals surface area contributed by atoms with Crippen molar-refractivity contribution in [1.82, 2.24) is 0 Å². The lowest BCUT2D eigenvalue weighted by Crippen LogP contribution is -2.17. The van der Waals surface area contributed by atoms with E-state index >= 15 is 0 Å². The Bertz CT molecular complexity index is 958. The van der Waals surface area contributed by atoms with Gasteiger partial charge in [0.2, 0.25) is 0 Å². The predicted molar refractivity (Wildman–Crippen MR) is 111 cm³/mol. The maximum Gasteiger partial charge on any atom is 0.519 e. The summed E-state index contributed by atoms with van der Waals surface area (Å²) in [5, 5.41) is 3.59. The number of hydrogen-bond donors (Lipinski definition) is 2. The van der Waals surface area contributed by atoms with E-state index in [0.29, 0.717) is 0 Å². The Morgan fingerprint density at radius 2 is 1.16 bits per heavy atom. The fourth-order valence-corrected chi connectivity index (χ4v) is 2.54. The number of carbonyl (C=O) groups is 3. The van der Waals surface area contributed by atoms with Crippen molar-refractivity contribution in [1.29, 1.82) is 0 Å². The Hall–Kier alpha value is -3.31. The summed E-state index contributed by atoms with van der Waals surface area (Å²) in [7, 11) is 0. The normalized spacial score (nSPS) is 10.2. The lowest BCUT2D eigenvalue weighted by atomic mass is 10.3. The van der Waals surface area contributed by atoms with Crippen molar-refractivity contribution in [3.8, 4) is 11.5 Å². The van der Waals surface area contributed by atoms with E-state index < -0.39 is 30.0 Å². The standard InChI is InChI=1S/C19H16Cl2F2N2O7/c1-3-29-17(26)24-13-7-15(9(20)5-11(13)22)31-19(28)32-16-8-14(12(23)6-10(16)21)25-18(27)30-4-2/h5-8H,3-4H2,1-2H3,(H,24,26)(H,25,27). The molecule has 0 aliphatic heterocycles. The van der Waals surface area contributed by atoms with Crippen molar-refractivity contribution < 1.29 is 42.1 Å². The van der Waals surface area contributed by atoms with Gasteiger partial charge in [0.05, 0.1) is 34.6 Å². The number of rotatable bonds is 6. The molecule has 2 N–H and O–H groups in total. The first kappa shape index (κ1) is 25.0. The fraction of sp³-hybridized carbons (Fsp3) is 0.211. The summed E-state index contributed by atoms with van der Waals surface area (Å²) >= 11 is 11.7. The highest BCUT2D eigenvalue weighted by Crippen LogP contribution is 2.33. The summed E-state index contributed by atoms with van der Waals surface area (Å²) in [4.78, 5) is 35.1. The smallest absolute Gasteiger partial charge is 0.450 e. The van der Waals surface area contributed by atoms with E-state index in [-0.39, 0.29) is 46.1 Å². The first-order valence-corrected chi connectivity index (χ1v) is 9.65. The maximum atomic E-state index is 14.0. The molecule has 0 atom stereocenters. The second-order valence-electron chi connectivity index (χ2n) is 5.67. The third-order valence-electron chi connectivity index (χ3n) is 3.45. The van der Waals surface area contributed by atoms with Crippen molar-refractivity contribution >= 4 is 52.9 Å². The van der Waals surface area contributed by atoms with E-state index in [4.69, 9.17) is 32.7 Å². The zero-order valence-corrected chi connectivity index (χ0v) is 18.1. The number of carbonyl (C=O) groups excluding carboxylic acids is 3. The third kappa shape index (κ3) is 6.86. The number of benzene rings is 2. The Morgan fingerprint density at radius 3 is 1.50 bits per heavy atom. The fourth-order valence-electron chi connectivity index (χ4n) is 2.16. The zero-order valence-electron chi connectivity index (χ0n) is 16.6. The molecule has 0 aliphatic rings. The number of halogens is 4. The summed E-state index contributed by atoms with van der Waals surface area (Å²) < 4.78 is 47.1. The monoisotopic (exact) mass is 492 g/mol. The van der Waals surface area contributed by atoms with Crippen molar-refractivity contribution in [3.63, 3.8) is 0 Å². The van der Waals surface area contributed by atoms with Gasteiger partial charge in [0.1, 0.15) is 11.6 Å². The van der Waals surface area contributed by atoms with Crippen LogP contribution in [0.1, 0.15) is 13.8 Å². The van der Waals surface area contributed by atoms with Crippen molar-refractivity contribution in [2.24, 2.45) is 0 Å². The molecule has 0 spiro atoms. The first-order chi connectivity index (χ1) is 15.1. The van der Waals surface area contributed by atoms with Crippen LogP contribution in [0.4, 0.5) is 34.5 Å². The molecule has 0 aliphatic carbocycles. The molecule has 0 fully saturated rings. The van der Waals surface area contributed by atoms with Gasteiger partial charge in [-0.25, -0.2) is 23.2 Å². The molecule has 2 aromatic rings. The van der Waals surface area contributed by atoms with Gasteiger partial charge in [-0.05, 0) is 26.0 Å². The quantitative estimate of drug-likeness (QED) is 0.376. The van der Waals surface area contributed by atoms with Crippen LogP contribution in [0, 0.1) is 11.6 Å². The van der Waals surface area contributed by atoms with E-state index in [1.165, 1.54) is 0 Å². The molecule has 0 unspecified atom stereocenters. The first-order valence-electron chi connectivity index (χ1n) is 8.89. The molecule has 0 saturated carbocycles. The molecule has 0 aromatic heterocycles. The average Bonchev–Trinajstić information content (AvgIpc) is 2.69. The highest BCUT2D eigenvalue weighted by Gasteiger charge is 2.19. The summed E-state index contributed by atoms with van der Waals surface area (Å²) in [6, 6.07) is 3.43. The van der Waals surface area contributed by atoms with Crippen LogP contribution in [-0.4, -0.2) is 31.6 Å². The largest absolute Gasteiger partial charge is 0.519 e. The molecular formula is C19H16Cl2F2N2O7. The number of nitrogens with one attached hydrogen (secondary N) is 2. The van der Waals surface area contributed by atoms with Crippen molar-refractivity contribution in [2.75, 3.05) is 23.8 Å². The van der Waals surface area contributed by atoms with Crippen LogP contribution >= 0.6 is 23.2 Å². The highest BCUT2D eigenvalue weighted by atomic mass is 35.5. The van der Waals surface area contributed by atoms with Crippen LogP contribution in [0.2, 0.25) is 10.0 Å². The van der Waals surface area contributed by atoms with Gasteiger partial charge in [-0.15, -0.1) is 0 Å². The lowest BCUT2D eigenvalue weighted by Gasteiger charge is -2.12.